The Morgan fingerprint density at radius 2 is 1.84 bits per heavy atom. The number of nitriles is 1. The van der Waals surface area contributed by atoms with E-state index < -0.39 is 12.0 Å². The SMILES string of the molecule is CCOC(=O)C1=C(C)N=c2sc(=Cc3ccc(OCc4ccccc4C#N)c(OCC)c3)c(=O)n2C1c1ccc(Br)cc1. The summed E-state index contributed by atoms with van der Waals surface area (Å²) in [6.07, 6.45) is 1.78. The summed E-state index contributed by atoms with van der Waals surface area (Å²) in [5, 5.41) is 9.39. The molecule has 0 radical (unpaired) electrons. The molecule has 0 spiro atoms. The number of allylic oxidation sites excluding steroid dienone is 1. The van der Waals surface area contributed by atoms with Crippen molar-refractivity contribution in [2.75, 3.05) is 13.2 Å². The van der Waals surface area contributed by atoms with Gasteiger partial charge in [0.05, 0.1) is 46.7 Å². The third kappa shape index (κ3) is 6.33. The zero-order valence-corrected chi connectivity index (χ0v) is 26.2. The van der Waals surface area contributed by atoms with Crippen LogP contribution < -0.4 is 24.4 Å². The van der Waals surface area contributed by atoms with Crippen LogP contribution in [-0.2, 0) is 16.1 Å². The number of thiazole rings is 1. The van der Waals surface area contributed by atoms with E-state index in [0.29, 0.717) is 44.3 Å². The normalized spacial score (nSPS) is 14.5. The van der Waals surface area contributed by atoms with Crippen LogP contribution in [-0.4, -0.2) is 23.8 Å². The molecular formula is C33H28BrN3O5S. The highest BCUT2D eigenvalue weighted by molar-refractivity contribution is 9.10. The van der Waals surface area contributed by atoms with Gasteiger partial charge in [-0.25, -0.2) is 9.79 Å². The molecule has 0 aliphatic carbocycles. The zero-order valence-electron chi connectivity index (χ0n) is 23.8. The maximum absolute atomic E-state index is 13.9. The fraction of sp³-hybridized carbons (Fsp3) is 0.212. The lowest BCUT2D eigenvalue weighted by Gasteiger charge is -2.24. The van der Waals surface area contributed by atoms with Crippen LogP contribution in [0.2, 0.25) is 0 Å². The maximum Gasteiger partial charge on any atom is 0.338 e. The Bertz CT molecular complexity index is 1940. The van der Waals surface area contributed by atoms with Crippen LogP contribution in [0.1, 0.15) is 49.1 Å². The minimum Gasteiger partial charge on any atom is -0.490 e. The Kier molecular flexibility index (Phi) is 9.24. The number of benzene rings is 3. The van der Waals surface area contributed by atoms with E-state index in [-0.39, 0.29) is 18.8 Å². The van der Waals surface area contributed by atoms with Crippen molar-refractivity contribution in [2.45, 2.75) is 33.4 Å². The van der Waals surface area contributed by atoms with E-state index in [9.17, 15) is 14.9 Å². The van der Waals surface area contributed by atoms with Crippen molar-refractivity contribution in [2.24, 2.45) is 4.99 Å². The van der Waals surface area contributed by atoms with Crippen LogP contribution in [0.4, 0.5) is 0 Å². The van der Waals surface area contributed by atoms with E-state index in [0.717, 1.165) is 21.2 Å². The number of hydrogen-bond acceptors (Lipinski definition) is 8. The number of carbonyl (C=O) groups is 1. The lowest BCUT2D eigenvalue weighted by atomic mass is 9.96. The number of hydrogen-bond donors (Lipinski definition) is 0. The van der Waals surface area contributed by atoms with Gasteiger partial charge in [0.25, 0.3) is 5.56 Å². The highest BCUT2D eigenvalue weighted by Gasteiger charge is 2.33. The van der Waals surface area contributed by atoms with Gasteiger partial charge in [0.2, 0.25) is 0 Å². The first-order chi connectivity index (χ1) is 20.8. The van der Waals surface area contributed by atoms with E-state index in [1.54, 1.807) is 36.6 Å². The molecule has 1 aromatic heterocycles. The molecule has 0 amide bonds. The van der Waals surface area contributed by atoms with Gasteiger partial charge in [0, 0.05) is 10.0 Å². The number of rotatable bonds is 9. The summed E-state index contributed by atoms with van der Waals surface area (Å²) in [6.45, 7) is 6.22. The van der Waals surface area contributed by atoms with Crippen LogP contribution >= 0.6 is 27.3 Å². The predicted molar refractivity (Wildman–Crippen MR) is 168 cm³/mol. The topological polar surface area (TPSA) is 103 Å². The van der Waals surface area contributed by atoms with Gasteiger partial charge in [-0.3, -0.25) is 9.36 Å². The molecule has 218 valence electrons. The molecule has 1 aliphatic heterocycles. The summed E-state index contributed by atoms with van der Waals surface area (Å²) >= 11 is 4.72. The van der Waals surface area contributed by atoms with Crippen molar-refractivity contribution in [3.8, 4) is 17.6 Å². The summed E-state index contributed by atoms with van der Waals surface area (Å²) in [5.74, 6) is 0.546. The van der Waals surface area contributed by atoms with Crippen LogP contribution in [0.15, 0.2) is 92.3 Å². The lowest BCUT2D eigenvalue weighted by Crippen LogP contribution is -2.39. The average Bonchev–Trinajstić information content (AvgIpc) is 3.30. The quantitative estimate of drug-likeness (QED) is 0.223. The molecule has 8 nitrogen and oxygen atoms in total. The van der Waals surface area contributed by atoms with Crippen molar-refractivity contribution < 1.29 is 19.0 Å². The largest absolute Gasteiger partial charge is 0.490 e. The van der Waals surface area contributed by atoms with E-state index in [2.05, 4.69) is 27.0 Å². The number of esters is 1. The molecule has 0 fully saturated rings. The van der Waals surface area contributed by atoms with Crippen molar-refractivity contribution in [1.82, 2.24) is 4.57 Å². The van der Waals surface area contributed by atoms with Gasteiger partial charge in [-0.05, 0) is 68.3 Å². The van der Waals surface area contributed by atoms with Crippen molar-refractivity contribution >= 4 is 39.3 Å². The molecule has 1 unspecified atom stereocenters. The van der Waals surface area contributed by atoms with Crippen LogP contribution in [0.5, 0.6) is 11.5 Å². The molecule has 2 heterocycles. The van der Waals surface area contributed by atoms with Gasteiger partial charge in [-0.2, -0.15) is 5.26 Å². The van der Waals surface area contributed by atoms with E-state index in [4.69, 9.17) is 14.2 Å². The average molecular weight is 659 g/mol. The Balaban J connectivity index is 1.55. The summed E-state index contributed by atoms with van der Waals surface area (Å²) in [4.78, 5) is 32.1. The molecule has 1 aliphatic rings. The van der Waals surface area contributed by atoms with Crippen LogP contribution in [0, 0.1) is 11.3 Å². The zero-order chi connectivity index (χ0) is 30.5. The maximum atomic E-state index is 13.9. The first-order valence-electron chi connectivity index (χ1n) is 13.7. The highest BCUT2D eigenvalue weighted by atomic mass is 79.9. The van der Waals surface area contributed by atoms with Crippen molar-refractivity contribution in [3.63, 3.8) is 0 Å². The fourth-order valence-corrected chi connectivity index (χ4v) is 6.13. The van der Waals surface area contributed by atoms with E-state index in [1.165, 1.54) is 11.3 Å². The molecule has 0 N–H and O–H groups in total. The molecule has 0 bridgehead atoms. The molecule has 3 aromatic carbocycles. The summed E-state index contributed by atoms with van der Waals surface area (Å²) in [7, 11) is 0. The highest BCUT2D eigenvalue weighted by Crippen LogP contribution is 2.32. The number of fused-ring (bicyclic) bond motifs is 1. The second-order valence-corrected chi connectivity index (χ2v) is 11.5. The van der Waals surface area contributed by atoms with Crippen LogP contribution in [0.25, 0.3) is 6.08 Å². The Hall–Kier alpha value is -4.46. The van der Waals surface area contributed by atoms with E-state index in [1.807, 2.05) is 61.5 Å². The van der Waals surface area contributed by atoms with Crippen molar-refractivity contribution in [3.05, 3.63) is 124 Å². The van der Waals surface area contributed by atoms with Gasteiger partial charge >= 0.3 is 5.97 Å². The first kappa shape index (κ1) is 30.0. The standard InChI is InChI=1S/C33H28BrN3O5S/c1-4-40-27-16-21(10-15-26(27)42-19-24-9-7-6-8-23(24)18-35)17-28-31(38)37-30(22-11-13-25(34)14-12-22)29(32(39)41-5-2)20(3)36-33(37)43-28/h6-17,30H,4-5,19H2,1-3H3. The molecule has 0 saturated carbocycles. The third-order valence-electron chi connectivity index (χ3n) is 6.79. The molecule has 43 heavy (non-hydrogen) atoms. The van der Waals surface area contributed by atoms with Gasteiger partial charge in [0.1, 0.15) is 6.61 Å². The minimum absolute atomic E-state index is 0.208. The summed E-state index contributed by atoms with van der Waals surface area (Å²) in [6, 6.07) is 21.7. The molecule has 4 aromatic rings. The predicted octanol–water partition coefficient (Wildman–Crippen LogP) is 5.41. The van der Waals surface area contributed by atoms with Gasteiger partial charge in [-0.1, -0.05) is 63.7 Å². The third-order valence-corrected chi connectivity index (χ3v) is 8.30. The molecule has 10 heteroatoms. The van der Waals surface area contributed by atoms with Gasteiger partial charge < -0.3 is 14.2 Å². The van der Waals surface area contributed by atoms with Crippen LogP contribution in [0.3, 0.4) is 0 Å². The number of nitrogens with zero attached hydrogens (tertiary/aromatic N) is 3. The molecular weight excluding hydrogens is 630 g/mol. The Morgan fingerprint density at radius 1 is 1.07 bits per heavy atom. The second kappa shape index (κ2) is 13.2. The smallest absolute Gasteiger partial charge is 0.338 e. The first-order valence-corrected chi connectivity index (χ1v) is 15.3. The van der Waals surface area contributed by atoms with Crippen molar-refractivity contribution in [1.29, 1.82) is 5.26 Å². The number of aromatic nitrogens is 1. The van der Waals surface area contributed by atoms with Gasteiger partial charge in [0.15, 0.2) is 16.3 Å². The monoisotopic (exact) mass is 657 g/mol. The Morgan fingerprint density at radius 3 is 2.56 bits per heavy atom. The number of carbonyl (C=O) groups excluding carboxylic acids is 1. The lowest BCUT2D eigenvalue weighted by molar-refractivity contribution is -0.139. The minimum atomic E-state index is -0.684. The summed E-state index contributed by atoms with van der Waals surface area (Å²) < 4.78 is 20.2. The number of halogens is 1. The fourth-order valence-electron chi connectivity index (χ4n) is 4.82. The Labute approximate surface area is 260 Å². The molecule has 1 atom stereocenters. The molecule has 5 rings (SSSR count). The second-order valence-electron chi connectivity index (χ2n) is 9.55. The van der Waals surface area contributed by atoms with E-state index >= 15 is 0 Å². The number of ether oxygens (including phenoxy) is 3. The molecule has 0 saturated heterocycles. The summed E-state index contributed by atoms with van der Waals surface area (Å²) in [5.41, 5.74) is 3.41. The van der Waals surface area contributed by atoms with Gasteiger partial charge in [-0.15, -0.1) is 0 Å².